The zero-order chi connectivity index (χ0) is 17.4. The monoisotopic (exact) mass is 337 g/mol. The molecule has 0 radical (unpaired) electrons. The molecule has 0 aliphatic carbocycles. The van der Waals surface area contributed by atoms with Crippen molar-refractivity contribution < 1.29 is 0 Å². The van der Waals surface area contributed by atoms with Crippen LogP contribution < -0.4 is 10.5 Å². The van der Waals surface area contributed by atoms with Gasteiger partial charge in [-0.3, -0.25) is 9.36 Å². The molecule has 6 nitrogen and oxygen atoms in total. The lowest BCUT2D eigenvalue weighted by Gasteiger charge is -2.32. The van der Waals surface area contributed by atoms with Gasteiger partial charge >= 0.3 is 0 Å². The topological polar surface area (TPSA) is 56.0 Å². The summed E-state index contributed by atoms with van der Waals surface area (Å²) < 4.78 is 3.93. The number of hydrogen-bond acceptors (Lipinski definition) is 4. The largest absolute Gasteiger partial charge is 0.342 e. The van der Waals surface area contributed by atoms with Gasteiger partial charge in [0, 0.05) is 38.4 Å². The van der Waals surface area contributed by atoms with Crippen LogP contribution in [0.2, 0.25) is 0 Å². The summed E-state index contributed by atoms with van der Waals surface area (Å²) in [4.78, 5) is 23.5. The Morgan fingerprint density at radius 2 is 1.96 bits per heavy atom. The van der Waals surface area contributed by atoms with Crippen LogP contribution in [0.15, 0.2) is 41.6 Å². The molecule has 130 valence electrons. The smallest absolute Gasteiger partial charge is 0.256 e. The van der Waals surface area contributed by atoms with Crippen molar-refractivity contribution in [2.75, 3.05) is 18.0 Å². The maximum Gasteiger partial charge on any atom is 0.256 e. The molecule has 1 saturated heterocycles. The Morgan fingerprint density at radius 3 is 2.72 bits per heavy atom. The molecule has 0 amide bonds. The minimum absolute atomic E-state index is 0.0766. The van der Waals surface area contributed by atoms with E-state index in [1.54, 1.807) is 17.1 Å². The second-order valence-electron chi connectivity index (χ2n) is 6.92. The first-order chi connectivity index (χ1) is 12.1. The van der Waals surface area contributed by atoms with Gasteiger partial charge in [-0.05, 0) is 37.8 Å². The van der Waals surface area contributed by atoms with Crippen LogP contribution in [-0.4, -0.2) is 32.2 Å². The van der Waals surface area contributed by atoms with Gasteiger partial charge in [-0.2, -0.15) is 0 Å². The van der Waals surface area contributed by atoms with E-state index in [0.717, 1.165) is 49.5 Å². The molecule has 3 heterocycles. The molecular weight excluding hydrogens is 314 g/mol. The van der Waals surface area contributed by atoms with Gasteiger partial charge in [-0.25, -0.2) is 9.97 Å². The summed E-state index contributed by atoms with van der Waals surface area (Å²) in [5.41, 5.74) is 2.99. The van der Waals surface area contributed by atoms with Gasteiger partial charge in [-0.1, -0.05) is 12.1 Å². The maximum absolute atomic E-state index is 12.2. The Balaban J connectivity index is 1.47. The molecule has 1 aliphatic heterocycles. The number of rotatable bonds is 3. The third-order valence-corrected chi connectivity index (χ3v) is 5.19. The van der Waals surface area contributed by atoms with E-state index in [9.17, 15) is 4.79 Å². The Morgan fingerprint density at radius 1 is 1.20 bits per heavy atom. The lowest BCUT2D eigenvalue weighted by atomic mass is 9.97. The minimum atomic E-state index is 0.0766. The summed E-state index contributed by atoms with van der Waals surface area (Å²) in [5.74, 6) is 1.54. The predicted molar refractivity (Wildman–Crippen MR) is 98.9 cm³/mol. The molecule has 0 atom stereocenters. The van der Waals surface area contributed by atoms with Gasteiger partial charge in [-0.15, -0.1) is 0 Å². The molecule has 0 N–H and O–H groups in total. The second-order valence-corrected chi connectivity index (χ2v) is 6.92. The van der Waals surface area contributed by atoms with E-state index in [2.05, 4.69) is 33.6 Å². The molecule has 0 unspecified atom stereocenters. The lowest BCUT2D eigenvalue weighted by Crippen LogP contribution is -2.37. The number of piperidine rings is 1. The van der Waals surface area contributed by atoms with Crippen molar-refractivity contribution in [2.24, 2.45) is 13.0 Å². The van der Waals surface area contributed by atoms with Crippen molar-refractivity contribution in [1.29, 1.82) is 0 Å². The van der Waals surface area contributed by atoms with Crippen LogP contribution in [0.25, 0.3) is 11.0 Å². The molecule has 2 aromatic heterocycles. The number of aryl methyl sites for hydroxylation is 2. The molecule has 0 saturated carbocycles. The summed E-state index contributed by atoms with van der Waals surface area (Å²) in [6.07, 6.45) is 5.41. The summed E-state index contributed by atoms with van der Waals surface area (Å²) in [5, 5.41) is 0. The summed E-state index contributed by atoms with van der Waals surface area (Å²) in [7, 11) is 2.08. The zero-order valence-electron chi connectivity index (χ0n) is 14.7. The van der Waals surface area contributed by atoms with Crippen molar-refractivity contribution in [2.45, 2.75) is 26.3 Å². The first-order valence-electron chi connectivity index (χ1n) is 8.81. The minimum Gasteiger partial charge on any atom is -0.342 e. The average Bonchev–Trinajstić information content (AvgIpc) is 2.97. The first kappa shape index (κ1) is 15.9. The molecule has 3 aromatic rings. The first-order valence-corrected chi connectivity index (χ1v) is 8.81. The highest BCUT2D eigenvalue weighted by atomic mass is 16.1. The number of anilines is 1. The molecule has 1 aliphatic rings. The fourth-order valence-electron chi connectivity index (χ4n) is 3.70. The van der Waals surface area contributed by atoms with Gasteiger partial charge in [0.25, 0.3) is 5.56 Å². The number of nitrogens with zero attached hydrogens (tertiary/aromatic N) is 5. The quantitative estimate of drug-likeness (QED) is 0.736. The molecule has 0 bridgehead atoms. The van der Waals surface area contributed by atoms with E-state index in [4.69, 9.17) is 4.98 Å². The van der Waals surface area contributed by atoms with Crippen LogP contribution in [0, 0.1) is 12.8 Å². The van der Waals surface area contributed by atoms with E-state index in [-0.39, 0.29) is 5.56 Å². The van der Waals surface area contributed by atoms with E-state index in [0.29, 0.717) is 11.5 Å². The fraction of sp³-hybridized carbons (Fsp3) is 0.421. The molecule has 6 heteroatoms. The number of benzene rings is 1. The molecule has 1 aromatic carbocycles. The van der Waals surface area contributed by atoms with Gasteiger partial charge in [0.1, 0.15) is 0 Å². The van der Waals surface area contributed by atoms with E-state index < -0.39 is 0 Å². The Kier molecular flexibility index (Phi) is 4.03. The summed E-state index contributed by atoms with van der Waals surface area (Å²) in [6.45, 7) is 4.51. The van der Waals surface area contributed by atoms with Crippen molar-refractivity contribution in [3.05, 3.63) is 52.7 Å². The number of hydrogen-bond donors (Lipinski definition) is 0. The van der Waals surface area contributed by atoms with Gasteiger partial charge in [0.2, 0.25) is 5.95 Å². The summed E-state index contributed by atoms with van der Waals surface area (Å²) in [6, 6.07) is 8.24. The van der Waals surface area contributed by atoms with Crippen molar-refractivity contribution in [1.82, 2.24) is 19.1 Å². The van der Waals surface area contributed by atoms with Crippen LogP contribution in [0.1, 0.15) is 18.4 Å². The van der Waals surface area contributed by atoms with Crippen LogP contribution >= 0.6 is 0 Å². The van der Waals surface area contributed by atoms with E-state index in [1.165, 1.54) is 0 Å². The zero-order valence-corrected chi connectivity index (χ0v) is 14.7. The molecular formula is C19H23N5O. The third kappa shape index (κ3) is 2.92. The number of fused-ring (bicyclic) bond motifs is 1. The third-order valence-electron chi connectivity index (χ3n) is 5.19. The highest BCUT2D eigenvalue weighted by Gasteiger charge is 2.23. The number of para-hydroxylation sites is 2. The second kappa shape index (κ2) is 6.35. The Labute approximate surface area is 146 Å². The fourth-order valence-corrected chi connectivity index (χ4v) is 3.70. The van der Waals surface area contributed by atoms with Gasteiger partial charge in [0.15, 0.2) is 0 Å². The maximum atomic E-state index is 12.2. The molecule has 4 rings (SSSR count). The molecule has 0 spiro atoms. The lowest BCUT2D eigenvalue weighted by molar-refractivity contribution is 0.348. The standard InChI is InChI=1S/C19H23N5O/c1-14-11-20-13-24(18(14)25)12-15-7-9-23(10-8-15)19-21-16-5-3-4-6-17(16)22(19)2/h3-6,11,13,15H,7-10,12H2,1-2H3. The van der Waals surface area contributed by atoms with Crippen LogP contribution in [0.4, 0.5) is 5.95 Å². The van der Waals surface area contributed by atoms with E-state index >= 15 is 0 Å². The van der Waals surface area contributed by atoms with Crippen LogP contribution in [0.3, 0.4) is 0 Å². The highest BCUT2D eigenvalue weighted by Crippen LogP contribution is 2.26. The SMILES string of the molecule is Cc1cncn(CC2CCN(c3nc4ccccc4n3C)CC2)c1=O. The average molecular weight is 337 g/mol. The van der Waals surface area contributed by atoms with Gasteiger partial charge < -0.3 is 9.47 Å². The Bertz CT molecular complexity index is 950. The Hall–Kier alpha value is -2.63. The summed E-state index contributed by atoms with van der Waals surface area (Å²) >= 11 is 0. The number of aromatic nitrogens is 4. The van der Waals surface area contributed by atoms with Crippen LogP contribution in [0.5, 0.6) is 0 Å². The van der Waals surface area contributed by atoms with E-state index in [1.807, 2.05) is 19.1 Å². The molecule has 1 fully saturated rings. The van der Waals surface area contributed by atoms with Gasteiger partial charge in [0.05, 0.1) is 17.4 Å². The van der Waals surface area contributed by atoms with Crippen LogP contribution in [-0.2, 0) is 13.6 Å². The molecule has 25 heavy (non-hydrogen) atoms. The van der Waals surface area contributed by atoms with Crippen molar-refractivity contribution >= 4 is 17.0 Å². The highest BCUT2D eigenvalue weighted by molar-refractivity contribution is 5.78. The number of imidazole rings is 1. The van der Waals surface area contributed by atoms with Crippen molar-refractivity contribution in [3.8, 4) is 0 Å². The normalized spacial score (nSPS) is 15.8. The predicted octanol–water partition coefficient (Wildman–Crippen LogP) is 2.36. The van der Waals surface area contributed by atoms with Crippen molar-refractivity contribution in [3.63, 3.8) is 0 Å².